The molecule has 5 heteroatoms. The molecular formula is C16H16F3NS. The van der Waals surface area contributed by atoms with E-state index in [1.165, 1.54) is 12.1 Å². The third-order valence-corrected chi connectivity index (χ3v) is 3.93. The monoisotopic (exact) mass is 311 g/mol. The zero-order chi connectivity index (χ0) is 15.3. The Bertz CT molecular complexity index is 596. The van der Waals surface area contributed by atoms with Crippen LogP contribution in [0, 0.1) is 0 Å². The van der Waals surface area contributed by atoms with Crippen LogP contribution < -0.4 is 5.32 Å². The van der Waals surface area contributed by atoms with Crippen LogP contribution >= 0.6 is 11.8 Å². The fourth-order valence-electron chi connectivity index (χ4n) is 2.04. The van der Waals surface area contributed by atoms with Crippen molar-refractivity contribution in [2.45, 2.75) is 24.5 Å². The summed E-state index contributed by atoms with van der Waals surface area (Å²) in [4.78, 5) is 1.05. The van der Waals surface area contributed by atoms with Crippen LogP contribution in [0.15, 0.2) is 53.4 Å². The quantitative estimate of drug-likeness (QED) is 0.739. The van der Waals surface area contributed by atoms with Crippen molar-refractivity contribution in [2.24, 2.45) is 0 Å². The normalized spacial score (nSPS) is 11.4. The third-order valence-electron chi connectivity index (χ3n) is 2.98. The minimum atomic E-state index is -4.32. The van der Waals surface area contributed by atoms with Crippen molar-refractivity contribution < 1.29 is 13.2 Å². The molecule has 0 spiro atoms. The van der Waals surface area contributed by atoms with Gasteiger partial charge in [0, 0.05) is 17.1 Å². The fraction of sp³-hybridized carbons (Fsp3) is 0.250. The lowest BCUT2D eigenvalue weighted by Crippen LogP contribution is -2.11. The Morgan fingerprint density at radius 1 is 1.00 bits per heavy atom. The van der Waals surface area contributed by atoms with E-state index in [1.54, 1.807) is 17.8 Å². The van der Waals surface area contributed by atoms with Gasteiger partial charge in [0.15, 0.2) is 0 Å². The van der Waals surface area contributed by atoms with Crippen LogP contribution in [0.3, 0.4) is 0 Å². The van der Waals surface area contributed by atoms with Crippen LogP contribution in [0.4, 0.5) is 18.9 Å². The molecule has 0 fully saturated rings. The number of anilines is 1. The van der Waals surface area contributed by atoms with Gasteiger partial charge in [-0.2, -0.15) is 13.2 Å². The predicted octanol–water partition coefficient (Wildman–Crippen LogP) is 5.43. The van der Waals surface area contributed by atoms with Crippen molar-refractivity contribution in [3.63, 3.8) is 0 Å². The molecule has 2 rings (SSSR count). The van der Waals surface area contributed by atoms with Gasteiger partial charge >= 0.3 is 6.18 Å². The molecule has 0 bridgehead atoms. The van der Waals surface area contributed by atoms with E-state index in [1.807, 2.05) is 31.2 Å². The van der Waals surface area contributed by atoms with E-state index in [-0.39, 0.29) is 12.1 Å². The first-order valence-corrected chi connectivity index (χ1v) is 7.61. The number of nitrogens with one attached hydrogen (secondary N) is 1. The van der Waals surface area contributed by atoms with Crippen LogP contribution in [-0.4, -0.2) is 5.75 Å². The third kappa shape index (κ3) is 4.17. The highest BCUT2D eigenvalue weighted by Gasteiger charge is 2.32. The Labute approximate surface area is 126 Å². The van der Waals surface area contributed by atoms with Crippen LogP contribution in [0.2, 0.25) is 0 Å². The van der Waals surface area contributed by atoms with Gasteiger partial charge in [-0.05, 0) is 29.5 Å². The van der Waals surface area contributed by atoms with Gasteiger partial charge in [0.25, 0.3) is 0 Å². The summed E-state index contributed by atoms with van der Waals surface area (Å²) >= 11 is 1.66. The average molecular weight is 311 g/mol. The van der Waals surface area contributed by atoms with Crippen molar-refractivity contribution >= 4 is 17.4 Å². The first kappa shape index (κ1) is 15.8. The van der Waals surface area contributed by atoms with Gasteiger partial charge in [0.1, 0.15) is 0 Å². The van der Waals surface area contributed by atoms with E-state index in [2.05, 4.69) is 5.32 Å². The second-order valence-corrected chi connectivity index (χ2v) is 5.74. The minimum Gasteiger partial charge on any atom is -0.380 e. The molecule has 1 N–H and O–H groups in total. The van der Waals surface area contributed by atoms with Crippen molar-refractivity contribution in [3.05, 3.63) is 59.7 Å². The molecule has 112 valence electrons. The van der Waals surface area contributed by atoms with Gasteiger partial charge in [-0.25, -0.2) is 0 Å². The molecule has 2 aromatic rings. The number of rotatable bonds is 5. The van der Waals surface area contributed by atoms with E-state index in [9.17, 15) is 13.2 Å². The van der Waals surface area contributed by atoms with Crippen LogP contribution in [0.25, 0.3) is 0 Å². The molecule has 0 radical (unpaired) electrons. The average Bonchev–Trinajstić information content (AvgIpc) is 2.46. The van der Waals surface area contributed by atoms with E-state index in [0.717, 1.165) is 22.4 Å². The van der Waals surface area contributed by atoms with Crippen molar-refractivity contribution in [2.75, 3.05) is 11.1 Å². The van der Waals surface area contributed by atoms with Gasteiger partial charge in [-0.1, -0.05) is 37.3 Å². The first-order valence-electron chi connectivity index (χ1n) is 6.63. The molecular weight excluding hydrogens is 295 g/mol. The van der Waals surface area contributed by atoms with Crippen LogP contribution in [0.5, 0.6) is 0 Å². The number of thioether (sulfide) groups is 1. The Balaban J connectivity index is 2.18. The number of para-hydroxylation sites is 1. The summed E-state index contributed by atoms with van der Waals surface area (Å²) in [5.74, 6) is 0.915. The summed E-state index contributed by atoms with van der Waals surface area (Å²) < 4.78 is 38.8. The molecule has 0 heterocycles. The molecule has 0 saturated carbocycles. The van der Waals surface area contributed by atoms with E-state index >= 15 is 0 Å². The van der Waals surface area contributed by atoms with E-state index in [0.29, 0.717) is 0 Å². The van der Waals surface area contributed by atoms with Crippen molar-refractivity contribution in [1.29, 1.82) is 0 Å². The molecule has 0 unspecified atom stereocenters. The number of hydrogen-bond acceptors (Lipinski definition) is 2. The van der Waals surface area contributed by atoms with Gasteiger partial charge in [0.05, 0.1) is 5.56 Å². The van der Waals surface area contributed by atoms with Gasteiger partial charge in [0.2, 0.25) is 0 Å². The molecule has 0 aliphatic heterocycles. The second-order valence-electron chi connectivity index (χ2n) is 4.44. The lowest BCUT2D eigenvalue weighted by atomic mass is 10.1. The van der Waals surface area contributed by atoms with Crippen molar-refractivity contribution in [3.8, 4) is 0 Å². The van der Waals surface area contributed by atoms with Gasteiger partial charge < -0.3 is 5.32 Å². The molecule has 21 heavy (non-hydrogen) atoms. The Morgan fingerprint density at radius 3 is 2.38 bits per heavy atom. The maximum Gasteiger partial charge on any atom is 0.416 e. The Morgan fingerprint density at radius 2 is 1.67 bits per heavy atom. The standard InChI is InChI=1S/C16H16F3NS/c1-2-21-15-10-6-5-9-14(15)20-11-12-7-3-4-8-13(12)16(17,18)19/h3-10,20H,2,11H2,1H3. The number of hydrogen-bond donors (Lipinski definition) is 1. The molecule has 0 amide bonds. The Kier molecular flexibility index (Phi) is 5.17. The highest BCUT2D eigenvalue weighted by atomic mass is 32.2. The van der Waals surface area contributed by atoms with Crippen LogP contribution in [0.1, 0.15) is 18.1 Å². The molecule has 0 aromatic heterocycles. The summed E-state index contributed by atoms with van der Waals surface area (Å²) in [6, 6.07) is 13.3. The van der Waals surface area contributed by atoms with E-state index in [4.69, 9.17) is 0 Å². The molecule has 0 aliphatic rings. The van der Waals surface area contributed by atoms with E-state index < -0.39 is 11.7 Å². The summed E-state index contributed by atoms with van der Waals surface area (Å²) in [5.41, 5.74) is 0.528. The molecule has 2 aromatic carbocycles. The number of halogens is 3. The molecule has 0 aliphatic carbocycles. The topological polar surface area (TPSA) is 12.0 Å². The lowest BCUT2D eigenvalue weighted by Gasteiger charge is -2.15. The number of alkyl halides is 3. The van der Waals surface area contributed by atoms with Gasteiger partial charge in [-0.15, -0.1) is 11.8 Å². The number of benzene rings is 2. The maximum absolute atomic E-state index is 12.9. The molecule has 0 saturated heterocycles. The zero-order valence-electron chi connectivity index (χ0n) is 11.6. The second kappa shape index (κ2) is 6.89. The maximum atomic E-state index is 12.9. The fourth-order valence-corrected chi connectivity index (χ4v) is 2.82. The zero-order valence-corrected chi connectivity index (χ0v) is 12.4. The van der Waals surface area contributed by atoms with Crippen LogP contribution in [-0.2, 0) is 12.7 Å². The summed E-state index contributed by atoms with van der Waals surface area (Å²) in [6.45, 7) is 2.19. The minimum absolute atomic E-state index is 0.150. The Hall–Kier alpha value is -1.62. The summed E-state index contributed by atoms with van der Waals surface area (Å²) in [7, 11) is 0. The SMILES string of the molecule is CCSc1ccccc1NCc1ccccc1C(F)(F)F. The highest BCUT2D eigenvalue weighted by molar-refractivity contribution is 7.99. The molecule has 0 atom stereocenters. The molecule has 1 nitrogen and oxygen atoms in total. The smallest absolute Gasteiger partial charge is 0.380 e. The highest BCUT2D eigenvalue weighted by Crippen LogP contribution is 2.33. The largest absolute Gasteiger partial charge is 0.416 e. The van der Waals surface area contributed by atoms with Gasteiger partial charge in [-0.3, -0.25) is 0 Å². The van der Waals surface area contributed by atoms with Crippen molar-refractivity contribution in [1.82, 2.24) is 0 Å². The lowest BCUT2D eigenvalue weighted by molar-refractivity contribution is -0.138. The summed E-state index contributed by atoms with van der Waals surface area (Å²) in [5, 5.41) is 3.11. The predicted molar refractivity (Wildman–Crippen MR) is 81.6 cm³/mol. The first-order chi connectivity index (χ1) is 10.0. The summed E-state index contributed by atoms with van der Waals surface area (Å²) in [6.07, 6.45) is -4.32.